The normalized spacial score (nSPS) is 14.4. The van der Waals surface area contributed by atoms with Crippen molar-refractivity contribution in [3.8, 4) is 0 Å². The van der Waals surface area contributed by atoms with Gasteiger partial charge >= 0.3 is 0 Å². The predicted octanol–water partition coefficient (Wildman–Crippen LogP) is -2.91. The molecule has 15 nitrogen and oxygen atoms in total. The lowest BCUT2D eigenvalue weighted by atomic mass is 10.0. The Hall–Kier alpha value is -4.24. The Balaban J connectivity index is 2.97. The molecule has 0 heterocycles. The summed E-state index contributed by atoms with van der Waals surface area (Å²) in [4.78, 5) is 67.3. The van der Waals surface area contributed by atoms with E-state index in [9.17, 15) is 29.1 Å². The Bertz CT molecular complexity index is 1080. The van der Waals surface area contributed by atoms with E-state index in [0.29, 0.717) is 6.42 Å². The van der Waals surface area contributed by atoms with Gasteiger partial charge in [0.05, 0.1) is 6.61 Å². The van der Waals surface area contributed by atoms with E-state index in [1.54, 1.807) is 30.3 Å². The third kappa shape index (κ3) is 13.4. The number of benzene rings is 1. The molecule has 1 rings (SSSR count). The Morgan fingerprint density at radius 1 is 0.810 bits per heavy atom. The van der Waals surface area contributed by atoms with Crippen LogP contribution in [0.5, 0.6) is 0 Å². The van der Waals surface area contributed by atoms with Crippen molar-refractivity contribution in [2.45, 2.75) is 76.7 Å². The van der Waals surface area contributed by atoms with Crippen LogP contribution < -0.4 is 44.2 Å². The van der Waals surface area contributed by atoms with Gasteiger partial charge < -0.3 is 49.3 Å². The number of guanidine groups is 1. The first-order valence-electron chi connectivity index (χ1n) is 13.7. The van der Waals surface area contributed by atoms with E-state index < -0.39 is 66.4 Å². The zero-order chi connectivity index (χ0) is 31.8. The lowest BCUT2D eigenvalue weighted by Crippen LogP contribution is -2.59. The van der Waals surface area contributed by atoms with Gasteiger partial charge in [-0.2, -0.15) is 0 Å². The summed E-state index contributed by atoms with van der Waals surface area (Å²) >= 11 is 0. The van der Waals surface area contributed by atoms with E-state index in [4.69, 9.17) is 22.9 Å². The third-order valence-corrected chi connectivity index (χ3v) is 6.15. The highest BCUT2D eigenvalue weighted by Crippen LogP contribution is 2.09. The molecule has 0 fully saturated rings. The van der Waals surface area contributed by atoms with Crippen molar-refractivity contribution in [3.63, 3.8) is 0 Å². The van der Waals surface area contributed by atoms with Gasteiger partial charge in [-0.25, -0.2) is 0 Å². The minimum atomic E-state index is -1.24. The maximum atomic E-state index is 13.3. The van der Waals surface area contributed by atoms with Crippen LogP contribution >= 0.6 is 0 Å². The fourth-order valence-electron chi connectivity index (χ4n) is 3.86. The summed E-state index contributed by atoms with van der Waals surface area (Å²) in [6.07, 6.45) is 0.879. The van der Waals surface area contributed by atoms with Crippen molar-refractivity contribution in [1.82, 2.24) is 21.3 Å². The monoisotopic (exact) mass is 591 g/mol. The Kier molecular flexibility index (Phi) is 15.5. The van der Waals surface area contributed by atoms with Crippen molar-refractivity contribution in [3.05, 3.63) is 35.9 Å². The molecule has 0 spiro atoms. The highest BCUT2D eigenvalue weighted by molar-refractivity contribution is 5.95. The van der Waals surface area contributed by atoms with Crippen LogP contribution in [0.4, 0.5) is 0 Å². The average Bonchev–Trinajstić information content (AvgIpc) is 2.93. The number of aliphatic hydroxyl groups is 1. The summed E-state index contributed by atoms with van der Waals surface area (Å²) < 4.78 is 0. The summed E-state index contributed by atoms with van der Waals surface area (Å²) in [5.74, 6) is -3.56. The second kappa shape index (κ2) is 18.2. The van der Waals surface area contributed by atoms with Crippen LogP contribution in [0.3, 0.4) is 0 Å². The Morgan fingerprint density at radius 2 is 1.38 bits per heavy atom. The van der Waals surface area contributed by atoms with Gasteiger partial charge in [-0.1, -0.05) is 44.2 Å². The first kappa shape index (κ1) is 35.8. The summed E-state index contributed by atoms with van der Waals surface area (Å²) in [5, 5.41) is 19.5. The van der Waals surface area contributed by atoms with E-state index in [-0.39, 0.29) is 37.7 Å². The molecule has 0 aliphatic heterocycles. The molecule has 15 heteroatoms. The Labute approximate surface area is 245 Å². The van der Waals surface area contributed by atoms with Crippen molar-refractivity contribution >= 4 is 35.5 Å². The number of nitrogens with zero attached hydrogens (tertiary/aromatic N) is 1. The summed E-state index contributed by atoms with van der Waals surface area (Å²) in [5.41, 5.74) is 22.3. The van der Waals surface area contributed by atoms with Crippen LogP contribution in [0.1, 0.15) is 45.6 Å². The van der Waals surface area contributed by atoms with Crippen molar-refractivity contribution in [1.29, 1.82) is 0 Å². The molecule has 5 amide bonds. The molecule has 0 bridgehead atoms. The molecule has 1 aromatic carbocycles. The van der Waals surface area contributed by atoms with Crippen molar-refractivity contribution in [2.24, 2.45) is 33.8 Å². The second-order valence-corrected chi connectivity index (χ2v) is 10.4. The molecule has 0 aromatic heterocycles. The standard InChI is InChI=1S/C27H45N9O6/c1-15(2)12-20(25(41)33-16(3)23(39)34-19(22(29)38)10-7-11-32-27(30)31)36-26(42)21(35-24(40)18(28)14-37)13-17-8-5-4-6-9-17/h4-6,8-9,15-16,18-21,37H,7,10-14,28H2,1-3H3,(H2,29,38)(H,33,41)(H,34,39)(H,35,40)(H,36,42)(H4,30,31,32)/t16-,18-,19-,20-,21-/m0/s1. The average molecular weight is 592 g/mol. The summed E-state index contributed by atoms with van der Waals surface area (Å²) in [6.45, 7) is 4.75. The van der Waals surface area contributed by atoms with E-state index in [1.807, 2.05) is 13.8 Å². The van der Waals surface area contributed by atoms with Crippen molar-refractivity contribution in [2.75, 3.05) is 13.2 Å². The SMILES string of the molecule is CC(C)C[C@H](NC(=O)[C@H](Cc1ccccc1)NC(=O)[C@@H](N)CO)C(=O)N[C@@H](C)C(=O)N[C@@H](CCCN=C(N)N)C(N)=O. The van der Waals surface area contributed by atoms with E-state index in [1.165, 1.54) is 6.92 Å². The number of rotatable bonds is 18. The quantitative estimate of drug-likeness (QED) is 0.0480. The minimum absolute atomic E-state index is 0.0281. The zero-order valence-corrected chi connectivity index (χ0v) is 24.3. The van der Waals surface area contributed by atoms with E-state index in [0.717, 1.165) is 5.56 Å². The van der Waals surface area contributed by atoms with Crippen LogP contribution in [-0.2, 0) is 30.4 Å². The van der Waals surface area contributed by atoms with Crippen LogP contribution in [0.15, 0.2) is 35.3 Å². The minimum Gasteiger partial charge on any atom is -0.394 e. The molecule has 0 saturated heterocycles. The topological polar surface area (TPSA) is 270 Å². The van der Waals surface area contributed by atoms with Crippen LogP contribution in [0.2, 0.25) is 0 Å². The van der Waals surface area contributed by atoms with Gasteiger partial charge in [-0.15, -0.1) is 0 Å². The molecule has 42 heavy (non-hydrogen) atoms. The van der Waals surface area contributed by atoms with Gasteiger partial charge in [-0.3, -0.25) is 29.0 Å². The molecule has 1 aromatic rings. The molecule has 5 atom stereocenters. The molecular formula is C27H45N9O6. The lowest BCUT2D eigenvalue weighted by molar-refractivity contribution is -0.134. The molecule has 0 aliphatic rings. The lowest BCUT2D eigenvalue weighted by Gasteiger charge is -2.26. The van der Waals surface area contributed by atoms with E-state index in [2.05, 4.69) is 26.3 Å². The zero-order valence-electron chi connectivity index (χ0n) is 24.3. The summed E-state index contributed by atoms with van der Waals surface area (Å²) in [6, 6.07) is 3.43. The number of aliphatic hydroxyl groups excluding tert-OH is 1. The van der Waals surface area contributed by atoms with Gasteiger partial charge in [0.15, 0.2) is 5.96 Å². The van der Waals surface area contributed by atoms with E-state index >= 15 is 0 Å². The fraction of sp³-hybridized carbons (Fsp3) is 0.556. The number of carbonyl (C=O) groups is 5. The fourth-order valence-corrected chi connectivity index (χ4v) is 3.86. The smallest absolute Gasteiger partial charge is 0.243 e. The van der Waals surface area contributed by atoms with Gasteiger partial charge in [0.1, 0.15) is 30.2 Å². The number of nitrogens with two attached hydrogens (primary N) is 4. The first-order valence-corrected chi connectivity index (χ1v) is 13.7. The molecule has 0 radical (unpaired) electrons. The van der Waals surface area contributed by atoms with Gasteiger partial charge in [0, 0.05) is 13.0 Å². The third-order valence-electron chi connectivity index (χ3n) is 6.15. The molecular weight excluding hydrogens is 546 g/mol. The number of carbonyl (C=O) groups excluding carboxylic acids is 5. The number of nitrogens with one attached hydrogen (secondary N) is 4. The number of hydrogen-bond acceptors (Lipinski definition) is 8. The van der Waals surface area contributed by atoms with Crippen LogP contribution in [0, 0.1) is 5.92 Å². The highest BCUT2D eigenvalue weighted by Gasteiger charge is 2.30. The highest BCUT2D eigenvalue weighted by atomic mass is 16.3. The molecule has 0 saturated carbocycles. The molecule has 13 N–H and O–H groups in total. The van der Waals surface area contributed by atoms with Crippen LogP contribution in [-0.4, -0.2) is 84.0 Å². The number of amides is 5. The van der Waals surface area contributed by atoms with Crippen molar-refractivity contribution < 1.29 is 29.1 Å². The van der Waals surface area contributed by atoms with Gasteiger partial charge in [-0.05, 0) is 37.7 Å². The largest absolute Gasteiger partial charge is 0.394 e. The van der Waals surface area contributed by atoms with Gasteiger partial charge in [0.25, 0.3) is 0 Å². The number of aliphatic imine (C=N–C) groups is 1. The molecule has 0 unspecified atom stereocenters. The van der Waals surface area contributed by atoms with Gasteiger partial charge in [0.2, 0.25) is 29.5 Å². The second-order valence-electron chi connectivity index (χ2n) is 10.4. The maximum absolute atomic E-state index is 13.3. The molecule has 234 valence electrons. The predicted molar refractivity (Wildman–Crippen MR) is 157 cm³/mol. The maximum Gasteiger partial charge on any atom is 0.243 e. The number of hydrogen-bond donors (Lipinski definition) is 9. The Morgan fingerprint density at radius 3 is 1.93 bits per heavy atom. The number of primary amides is 1. The molecule has 0 aliphatic carbocycles. The van der Waals surface area contributed by atoms with Crippen LogP contribution in [0.25, 0.3) is 0 Å². The summed E-state index contributed by atoms with van der Waals surface area (Å²) in [7, 11) is 0. The first-order chi connectivity index (χ1) is 19.7.